The number of amides is 1. The number of aryl methyl sites for hydroxylation is 1. The van der Waals surface area contributed by atoms with Gasteiger partial charge in [-0.05, 0) is 42.3 Å². The van der Waals surface area contributed by atoms with Gasteiger partial charge in [-0.3, -0.25) is 9.78 Å². The van der Waals surface area contributed by atoms with Gasteiger partial charge in [0.15, 0.2) is 0 Å². The van der Waals surface area contributed by atoms with Gasteiger partial charge in [0.2, 0.25) is 0 Å². The lowest BCUT2D eigenvalue weighted by Gasteiger charge is -2.08. The van der Waals surface area contributed by atoms with E-state index in [0.29, 0.717) is 5.52 Å². The van der Waals surface area contributed by atoms with Crippen molar-refractivity contribution in [3.05, 3.63) is 59.7 Å². The third-order valence-electron chi connectivity index (χ3n) is 3.51. The second kappa shape index (κ2) is 6.00. The fourth-order valence-corrected chi connectivity index (χ4v) is 2.21. The molecule has 0 aliphatic carbocycles. The van der Waals surface area contributed by atoms with E-state index in [0.717, 1.165) is 23.6 Å². The van der Waals surface area contributed by atoms with Crippen molar-refractivity contribution in [1.29, 1.82) is 0 Å². The van der Waals surface area contributed by atoms with Gasteiger partial charge in [-0.15, -0.1) is 0 Å². The van der Waals surface area contributed by atoms with E-state index < -0.39 is 11.7 Å². The highest BCUT2D eigenvalue weighted by Gasteiger charge is 2.12. The number of aromatic nitrogens is 2. The molecule has 116 valence electrons. The molecule has 1 aromatic heterocycles. The number of carbonyl (C=O) groups excluding carboxylic acids is 1. The van der Waals surface area contributed by atoms with E-state index >= 15 is 0 Å². The molecule has 3 aromatic rings. The average molecular weight is 310 g/mol. The summed E-state index contributed by atoms with van der Waals surface area (Å²) in [6, 6.07) is 9.50. The quantitative estimate of drug-likeness (QED) is 0.728. The van der Waals surface area contributed by atoms with Crippen molar-refractivity contribution in [2.45, 2.75) is 13.3 Å². The van der Waals surface area contributed by atoms with Crippen LogP contribution in [0, 0.1) is 5.82 Å². The smallest absolute Gasteiger partial charge is 0.275 e. The zero-order valence-electron chi connectivity index (χ0n) is 12.5. The third-order valence-corrected chi connectivity index (χ3v) is 3.51. The second-order valence-electron chi connectivity index (χ2n) is 5.12. The van der Waals surface area contributed by atoms with Gasteiger partial charge in [-0.1, -0.05) is 13.0 Å². The molecular weight excluding hydrogens is 295 g/mol. The Balaban J connectivity index is 1.90. The molecule has 1 amide bonds. The van der Waals surface area contributed by atoms with Crippen molar-refractivity contribution in [2.24, 2.45) is 0 Å². The molecule has 0 spiro atoms. The molecule has 1 heterocycles. The van der Waals surface area contributed by atoms with Crippen molar-refractivity contribution in [2.75, 3.05) is 11.1 Å². The molecule has 0 bridgehead atoms. The van der Waals surface area contributed by atoms with Gasteiger partial charge < -0.3 is 11.1 Å². The first kappa shape index (κ1) is 14.9. The molecule has 0 atom stereocenters. The number of halogens is 1. The van der Waals surface area contributed by atoms with Crippen LogP contribution in [-0.4, -0.2) is 15.9 Å². The fourth-order valence-electron chi connectivity index (χ4n) is 2.21. The van der Waals surface area contributed by atoms with Gasteiger partial charge in [0, 0.05) is 0 Å². The van der Waals surface area contributed by atoms with Gasteiger partial charge in [0.25, 0.3) is 5.91 Å². The SMILES string of the molecule is CCc1ccc2nc(C(=O)Nc3cc(F)ccc3N)cnc2c1. The van der Waals surface area contributed by atoms with Crippen molar-refractivity contribution >= 4 is 28.3 Å². The van der Waals surface area contributed by atoms with Gasteiger partial charge in [0.05, 0.1) is 28.6 Å². The summed E-state index contributed by atoms with van der Waals surface area (Å²) in [5.41, 5.74) is 8.85. The number of hydrogen-bond acceptors (Lipinski definition) is 4. The number of fused-ring (bicyclic) bond motifs is 1. The standard InChI is InChI=1S/C17H15FN4O/c1-2-10-3-6-13-15(7-10)20-9-16(21-13)17(23)22-14-8-11(18)4-5-12(14)19/h3-9H,2,19H2,1H3,(H,22,23). The Hall–Kier alpha value is -3.02. The number of rotatable bonds is 3. The molecule has 3 N–H and O–H groups in total. The van der Waals surface area contributed by atoms with Crippen LogP contribution in [0.5, 0.6) is 0 Å². The average Bonchev–Trinajstić information content (AvgIpc) is 2.57. The summed E-state index contributed by atoms with van der Waals surface area (Å²) >= 11 is 0. The molecule has 0 unspecified atom stereocenters. The largest absolute Gasteiger partial charge is 0.397 e. The summed E-state index contributed by atoms with van der Waals surface area (Å²) < 4.78 is 13.2. The summed E-state index contributed by atoms with van der Waals surface area (Å²) in [4.78, 5) is 20.8. The predicted molar refractivity (Wildman–Crippen MR) is 87.7 cm³/mol. The zero-order chi connectivity index (χ0) is 16.4. The number of nitrogen functional groups attached to an aromatic ring is 1. The van der Waals surface area contributed by atoms with Crippen LogP contribution in [-0.2, 0) is 6.42 Å². The number of nitrogens with two attached hydrogens (primary N) is 1. The Bertz CT molecular complexity index is 895. The minimum Gasteiger partial charge on any atom is -0.397 e. The topological polar surface area (TPSA) is 80.9 Å². The maximum Gasteiger partial charge on any atom is 0.275 e. The summed E-state index contributed by atoms with van der Waals surface area (Å²) in [6.07, 6.45) is 2.30. The van der Waals surface area contributed by atoms with E-state index in [1.807, 2.05) is 18.2 Å². The first-order chi connectivity index (χ1) is 11.1. The normalized spacial score (nSPS) is 10.7. The summed E-state index contributed by atoms with van der Waals surface area (Å²) in [5.74, 6) is -0.970. The maximum absolute atomic E-state index is 13.2. The Morgan fingerprint density at radius 2 is 2.04 bits per heavy atom. The molecular formula is C17H15FN4O. The van der Waals surface area contributed by atoms with Crippen LogP contribution >= 0.6 is 0 Å². The first-order valence-corrected chi connectivity index (χ1v) is 7.19. The third kappa shape index (κ3) is 3.11. The molecule has 0 aliphatic heterocycles. The number of nitrogens with one attached hydrogen (secondary N) is 1. The highest BCUT2D eigenvalue weighted by Crippen LogP contribution is 2.20. The molecule has 3 rings (SSSR count). The van der Waals surface area contributed by atoms with E-state index in [2.05, 4.69) is 22.2 Å². The lowest BCUT2D eigenvalue weighted by molar-refractivity contribution is 0.102. The summed E-state index contributed by atoms with van der Waals surface area (Å²) in [5, 5.41) is 2.55. The molecule has 5 nitrogen and oxygen atoms in total. The van der Waals surface area contributed by atoms with Crippen molar-refractivity contribution in [3.63, 3.8) is 0 Å². The van der Waals surface area contributed by atoms with Gasteiger partial charge in [0.1, 0.15) is 11.5 Å². The van der Waals surface area contributed by atoms with E-state index in [9.17, 15) is 9.18 Å². The Morgan fingerprint density at radius 3 is 2.83 bits per heavy atom. The van der Waals surface area contributed by atoms with E-state index in [4.69, 9.17) is 5.73 Å². The van der Waals surface area contributed by atoms with E-state index in [1.165, 1.54) is 18.3 Å². The van der Waals surface area contributed by atoms with Crippen molar-refractivity contribution in [1.82, 2.24) is 9.97 Å². The lowest BCUT2D eigenvalue weighted by Crippen LogP contribution is -2.15. The number of benzene rings is 2. The van der Waals surface area contributed by atoms with Crippen LogP contribution in [0.15, 0.2) is 42.6 Å². The van der Waals surface area contributed by atoms with Crippen LogP contribution in [0.3, 0.4) is 0 Å². The van der Waals surface area contributed by atoms with Gasteiger partial charge in [-0.2, -0.15) is 0 Å². The minimum atomic E-state index is -0.490. The van der Waals surface area contributed by atoms with Gasteiger partial charge in [-0.25, -0.2) is 9.37 Å². The van der Waals surface area contributed by atoms with Crippen molar-refractivity contribution in [3.8, 4) is 0 Å². The molecule has 0 fully saturated rings. The summed E-state index contributed by atoms with van der Waals surface area (Å²) in [7, 11) is 0. The number of hydrogen-bond donors (Lipinski definition) is 2. The Kier molecular flexibility index (Phi) is 3.89. The predicted octanol–water partition coefficient (Wildman–Crippen LogP) is 3.17. The van der Waals surface area contributed by atoms with Crippen LogP contribution in [0.25, 0.3) is 11.0 Å². The monoisotopic (exact) mass is 310 g/mol. The minimum absolute atomic E-state index is 0.144. The zero-order valence-corrected chi connectivity index (χ0v) is 12.5. The van der Waals surface area contributed by atoms with Crippen molar-refractivity contribution < 1.29 is 9.18 Å². The molecule has 0 saturated heterocycles. The first-order valence-electron chi connectivity index (χ1n) is 7.19. The molecule has 23 heavy (non-hydrogen) atoms. The summed E-state index contributed by atoms with van der Waals surface area (Å²) in [6.45, 7) is 2.06. The van der Waals surface area contributed by atoms with Crippen LogP contribution in [0.4, 0.5) is 15.8 Å². The Morgan fingerprint density at radius 1 is 1.22 bits per heavy atom. The number of nitrogens with zero attached hydrogens (tertiary/aromatic N) is 2. The van der Waals surface area contributed by atoms with Gasteiger partial charge >= 0.3 is 0 Å². The van der Waals surface area contributed by atoms with Crippen LogP contribution < -0.4 is 11.1 Å². The molecule has 0 radical (unpaired) electrons. The van der Waals surface area contributed by atoms with E-state index in [1.54, 1.807) is 0 Å². The maximum atomic E-state index is 13.2. The Labute approximate surface area is 132 Å². The van der Waals surface area contributed by atoms with E-state index in [-0.39, 0.29) is 17.1 Å². The second-order valence-corrected chi connectivity index (χ2v) is 5.12. The number of anilines is 2. The molecule has 0 aliphatic rings. The highest BCUT2D eigenvalue weighted by molar-refractivity contribution is 6.05. The number of carbonyl (C=O) groups is 1. The molecule has 0 saturated carbocycles. The highest BCUT2D eigenvalue weighted by atomic mass is 19.1. The van der Waals surface area contributed by atoms with Crippen LogP contribution in [0.2, 0.25) is 0 Å². The molecule has 6 heteroatoms. The lowest BCUT2D eigenvalue weighted by atomic mass is 10.1. The molecule has 2 aromatic carbocycles. The van der Waals surface area contributed by atoms with Crippen LogP contribution in [0.1, 0.15) is 23.0 Å². The fraction of sp³-hybridized carbons (Fsp3) is 0.118.